The molecule has 8 rings (SSSR count). The number of anilines is 3. The number of benzene rings is 8. The van der Waals surface area contributed by atoms with Gasteiger partial charge in [-0.1, -0.05) is 103 Å². The summed E-state index contributed by atoms with van der Waals surface area (Å²) in [6.45, 7) is 2.19. The van der Waals surface area contributed by atoms with E-state index < -0.39 is 0 Å². The molecule has 0 amide bonds. The molecule has 0 atom stereocenters. The van der Waals surface area contributed by atoms with Crippen molar-refractivity contribution >= 4 is 49.4 Å². The lowest BCUT2D eigenvalue weighted by Gasteiger charge is -2.29. The molecule has 0 saturated heterocycles. The zero-order valence-electron chi connectivity index (χ0n) is 24.3. The van der Waals surface area contributed by atoms with Gasteiger partial charge in [-0.2, -0.15) is 5.26 Å². The van der Waals surface area contributed by atoms with Gasteiger partial charge in [-0.3, -0.25) is 0 Å². The average Bonchev–Trinajstić information content (AvgIpc) is 3.09. The average molecular weight is 561 g/mol. The lowest BCUT2D eigenvalue weighted by molar-refractivity contribution is 1.30. The van der Waals surface area contributed by atoms with Crippen LogP contribution < -0.4 is 4.90 Å². The maximum atomic E-state index is 9.58. The van der Waals surface area contributed by atoms with E-state index in [1.807, 2.05) is 12.1 Å². The molecule has 8 aromatic rings. The number of hydrogen-bond donors (Lipinski definition) is 0. The molecule has 0 heterocycles. The Balaban J connectivity index is 1.45. The Morgan fingerprint density at radius 1 is 0.477 bits per heavy atom. The van der Waals surface area contributed by atoms with E-state index in [1.54, 1.807) is 0 Å². The predicted octanol–water partition coefficient (Wildman–Crippen LogP) is 11.6. The van der Waals surface area contributed by atoms with E-state index in [0.717, 1.165) is 39.3 Å². The molecule has 8 aromatic carbocycles. The first-order valence-electron chi connectivity index (χ1n) is 14.9. The summed E-state index contributed by atoms with van der Waals surface area (Å²) in [5, 5.41) is 17.1. The first-order valence-corrected chi connectivity index (χ1v) is 14.9. The molecule has 0 bridgehead atoms. The van der Waals surface area contributed by atoms with Crippen LogP contribution >= 0.6 is 0 Å². The molecule has 0 fully saturated rings. The first kappa shape index (κ1) is 25.8. The van der Waals surface area contributed by atoms with Crippen LogP contribution in [0, 0.1) is 18.3 Å². The van der Waals surface area contributed by atoms with Gasteiger partial charge >= 0.3 is 0 Å². The van der Waals surface area contributed by atoms with Crippen molar-refractivity contribution in [2.24, 2.45) is 0 Å². The summed E-state index contributed by atoms with van der Waals surface area (Å²) in [4.78, 5) is 2.35. The van der Waals surface area contributed by atoms with Crippen LogP contribution in [0.2, 0.25) is 0 Å². The topological polar surface area (TPSA) is 27.0 Å². The highest BCUT2D eigenvalue weighted by atomic mass is 15.1. The molecule has 0 N–H and O–H groups in total. The highest BCUT2D eigenvalue weighted by Gasteiger charge is 2.20. The Hall–Kier alpha value is -5.91. The smallest absolute Gasteiger partial charge is 0.0991 e. The minimum Gasteiger partial charge on any atom is -0.310 e. The third kappa shape index (κ3) is 4.26. The molecule has 0 radical (unpaired) electrons. The second kappa shape index (κ2) is 10.4. The SMILES string of the molecule is Cc1ccc2ccc3c(N(c4ccc(C#N)cc4)c4cc(-c5ccccc5)cc(-c5ccccc5)c4)ccc4ccc1c2c43. The van der Waals surface area contributed by atoms with Gasteiger partial charge in [-0.05, 0) is 110 Å². The van der Waals surface area contributed by atoms with Gasteiger partial charge in [0.2, 0.25) is 0 Å². The normalized spacial score (nSPS) is 11.3. The Morgan fingerprint density at radius 3 is 1.64 bits per heavy atom. The van der Waals surface area contributed by atoms with Gasteiger partial charge in [0, 0.05) is 16.8 Å². The van der Waals surface area contributed by atoms with E-state index >= 15 is 0 Å². The van der Waals surface area contributed by atoms with E-state index in [2.05, 4.69) is 157 Å². The Morgan fingerprint density at radius 2 is 1.02 bits per heavy atom. The second-order valence-electron chi connectivity index (χ2n) is 11.4. The van der Waals surface area contributed by atoms with Gasteiger partial charge in [0.05, 0.1) is 17.3 Å². The van der Waals surface area contributed by atoms with Crippen LogP contribution in [-0.2, 0) is 0 Å². The minimum atomic E-state index is 0.641. The molecular formula is C42H28N2. The summed E-state index contributed by atoms with van der Waals surface area (Å²) in [6, 6.07) is 56.1. The molecule has 0 aliphatic rings. The molecule has 2 nitrogen and oxygen atoms in total. The molecular weight excluding hydrogens is 532 g/mol. The molecule has 2 heteroatoms. The van der Waals surface area contributed by atoms with E-state index in [1.165, 1.54) is 37.9 Å². The third-order valence-electron chi connectivity index (χ3n) is 8.75. The van der Waals surface area contributed by atoms with Crippen LogP contribution in [-0.4, -0.2) is 0 Å². The van der Waals surface area contributed by atoms with Crippen LogP contribution in [0.3, 0.4) is 0 Å². The monoisotopic (exact) mass is 560 g/mol. The van der Waals surface area contributed by atoms with Crippen LogP contribution in [0.5, 0.6) is 0 Å². The van der Waals surface area contributed by atoms with Gasteiger partial charge in [0.25, 0.3) is 0 Å². The number of rotatable bonds is 5. The first-order chi connectivity index (χ1) is 21.7. The van der Waals surface area contributed by atoms with Gasteiger partial charge in [0.15, 0.2) is 0 Å². The number of nitriles is 1. The molecule has 206 valence electrons. The predicted molar refractivity (Wildman–Crippen MR) is 185 cm³/mol. The number of aryl methyl sites for hydroxylation is 1. The van der Waals surface area contributed by atoms with Crippen molar-refractivity contribution < 1.29 is 0 Å². The third-order valence-corrected chi connectivity index (χ3v) is 8.75. The van der Waals surface area contributed by atoms with Crippen molar-refractivity contribution in [3.63, 3.8) is 0 Å². The zero-order chi connectivity index (χ0) is 29.6. The zero-order valence-corrected chi connectivity index (χ0v) is 24.3. The molecule has 0 aliphatic carbocycles. The van der Waals surface area contributed by atoms with Crippen molar-refractivity contribution in [3.8, 4) is 28.3 Å². The van der Waals surface area contributed by atoms with E-state index in [0.29, 0.717) is 5.56 Å². The lowest BCUT2D eigenvalue weighted by atomic mass is 9.91. The molecule has 0 saturated carbocycles. The minimum absolute atomic E-state index is 0.641. The van der Waals surface area contributed by atoms with E-state index in [-0.39, 0.29) is 0 Å². The lowest BCUT2D eigenvalue weighted by Crippen LogP contribution is -2.11. The van der Waals surface area contributed by atoms with Crippen molar-refractivity contribution in [2.75, 3.05) is 4.90 Å². The van der Waals surface area contributed by atoms with Gasteiger partial charge in [0.1, 0.15) is 0 Å². The van der Waals surface area contributed by atoms with Crippen LogP contribution in [0.4, 0.5) is 17.1 Å². The van der Waals surface area contributed by atoms with Crippen LogP contribution in [0.1, 0.15) is 11.1 Å². The summed E-state index contributed by atoms with van der Waals surface area (Å²) in [5.74, 6) is 0. The Bertz CT molecular complexity index is 2270. The molecule has 0 aromatic heterocycles. The highest BCUT2D eigenvalue weighted by molar-refractivity contribution is 6.26. The van der Waals surface area contributed by atoms with Crippen LogP contribution in [0.25, 0.3) is 54.6 Å². The highest BCUT2D eigenvalue weighted by Crippen LogP contribution is 2.45. The fourth-order valence-corrected chi connectivity index (χ4v) is 6.57. The Labute approximate surface area is 257 Å². The largest absolute Gasteiger partial charge is 0.310 e. The van der Waals surface area contributed by atoms with Crippen molar-refractivity contribution in [1.29, 1.82) is 5.26 Å². The number of hydrogen-bond acceptors (Lipinski definition) is 2. The summed E-state index contributed by atoms with van der Waals surface area (Å²) in [5.41, 5.74) is 9.70. The summed E-state index contributed by atoms with van der Waals surface area (Å²) in [7, 11) is 0. The van der Waals surface area contributed by atoms with E-state index in [4.69, 9.17) is 0 Å². The standard InChI is InChI=1S/C42H28N2/c1-28-12-15-32-17-22-39-40(23-18-33-16-21-38(28)41(32)42(33)39)44(36-19-13-29(27-43)14-20-36)37-25-34(30-8-4-2-5-9-30)24-35(26-37)31-10-6-3-7-11-31/h2-26H,1H3. The number of nitrogens with zero attached hydrogens (tertiary/aromatic N) is 2. The molecule has 0 spiro atoms. The van der Waals surface area contributed by atoms with Crippen molar-refractivity contribution in [3.05, 3.63) is 163 Å². The maximum Gasteiger partial charge on any atom is 0.0991 e. The summed E-state index contributed by atoms with van der Waals surface area (Å²) >= 11 is 0. The van der Waals surface area contributed by atoms with Gasteiger partial charge in [-0.25, -0.2) is 0 Å². The molecule has 0 aliphatic heterocycles. The van der Waals surface area contributed by atoms with Crippen molar-refractivity contribution in [2.45, 2.75) is 6.92 Å². The summed E-state index contributed by atoms with van der Waals surface area (Å²) < 4.78 is 0. The molecule has 44 heavy (non-hydrogen) atoms. The molecule has 0 unspecified atom stereocenters. The van der Waals surface area contributed by atoms with Crippen molar-refractivity contribution in [1.82, 2.24) is 0 Å². The summed E-state index contributed by atoms with van der Waals surface area (Å²) in [6.07, 6.45) is 0. The van der Waals surface area contributed by atoms with Gasteiger partial charge in [-0.15, -0.1) is 0 Å². The second-order valence-corrected chi connectivity index (χ2v) is 11.4. The maximum absolute atomic E-state index is 9.58. The van der Waals surface area contributed by atoms with Gasteiger partial charge < -0.3 is 4.90 Å². The quantitative estimate of drug-likeness (QED) is 0.196. The fourth-order valence-electron chi connectivity index (χ4n) is 6.57. The fraction of sp³-hybridized carbons (Fsp3) is 0.0238. The van der Waals surface area contributed by atoms with E-state index in [9.17, 15) is 5.26 Å². The van der Waals surface area contributed by atoms with Crippen LogP contribution in [0.15, 0.2) is 152 Å². The Kier molecular flexibility index (Phi) is 6.10.